The molecule has 0 bridgehead atoms. The summed E-state index contributed by atoms with van der Waals surface area (Å²) in [6.07, 6.45) is 0.983. The molecular weight excluding hydrogens is 176 g/mol. The molecule has 0 atom stereocenters. The van der Waals surface area contributed by atoms with Crippen LogP contribution < -0.4 is 5.32 Å². The molecule has 3 nitrogen and oxygen atoms in total. The zero-order valence-corrected chi connectivity index (χ0v) is 8.29. The molecule has 1 aromatic carbocycles. The summed E-state index contributed by atoms with van der Waals surface area (Å²) >= 11 is 0. The standard InChI is InChI=1S/C11H14N2O/c1-14-8-2-7-13-11-5-3-10(9-12)4-6-11/h3-6,13H,2,7-8H2,1H3. The van der Waals surface area contributed by atoms with Crippen LogP contribution in [-0.4, -0.2) is 20.3 Å². The summed E-state index contributed by atoms with van der Waals surface area (Å²) in [5.41, 5.74) is 1.73. The van der Waals surface area contributed by atoms with Crippen molar-refractivity contribution in [3.05, 3.63) is 29.8 Å². The van der Waals surface area contributed by atoms with Gasteiger partial charge in [-0.25, -0.2) is 0 Å². The van der Waals surface area contributed by atoms with E-state index in [9.17, 15) is 0 Å². The van der Waals surface area contributed by atoms with E-state index >= 15 is 0 Å². The van der Waals surface area contributed by atoms with E-state index in [1.807, 2.05) is 12.1 Å². The van der Waals surface area contributed by atoms with Gasteiger partial charge in [0, 0.05) is 25.9 Å². The number of nitrogens with one attached hydrogen (secondary N) is 1. The summed E-state index contributed by atoms with van der Waals surface area (Å²) in [7, 11) is 1.70. The first-order valence-electron chi connectivity index (χ1n) is 4.60. The number of hydrogen-bond acceptors (Lipinski definition) is 3. The Bertz CT molecular complexity index is 300. The molecule has 0 aliphatic heterocycles. The quantitative estimate of drug-likeness (QED) is 0.722. The van der Waals surface area contributed by atoms with Gasteiger partial charge in [-0.05, 0) is 30.7 Å². The van der Waals surface area contributed by atoms with Crippen molar-refractivity contribution in [1.82, 2.24) is 0 Å². The first-order chi connectivity index (χ1) is 6.86. The van der Waals surface area contributed by atoms with Crippen LogP contribution in [0.4, 0.5) is 5.69 Å². The molecule has 1 rings (SSSR count). The fraction of sp³-hybridized carbons (Fsp3) is 0.364. The van der Waals surface area contributed by atoms with Crippen molar-refractivity contribution >= 4 is 5.69 Å². The predicted octanol–water partition coefficient (Wildman–Crippen LogP) is 2.01. The molecule has 0 amide bonds. The van der Waals surface area contributed by atoms with E-state index in [0.717, 1.165) is 25.3 Å². The van der Waals surface area contributed by atoms with E-state index in [4.69, 9.17) is 10.00 Å². The number of anilines is 1. The Balaban J connectivity index is 2.33. The minimum absolute atomic E-state index is 0.687. The van der Waals surface area contributed by atoms with Crippen molar-refractivity contribution in [3.63, 3.8) is 0 Å². The monoisotopic (exact) mass is 190 g/mol. The van der Waals surface area contributed by atoms with Gasteiger partial charge >= 0.3 is 0 Å². The van der Waals surface area contributed by atoms with E-state index in [-0.39, 0.29) is 0 Å². The summed E-state index contributed by atoms with van der Waals surface area (Å²) in [6.45, 7) is 1.66. The van der Waals surface area contributed by atoms with Crippen LogP contribution in [0, 0.1) is 11.3 Å². The maximum absolute atomic E-state index is 8.59. The van der Waals surface area contributed by atoms with Crippen LogP contribution in [0.1, 0.15) is 12.0 Å². The minimum Gasteiger partial charge on any atom is -0.385 e. The fourth-order valence-corrected chi connectivity index (χ4v) is 1.11. The van der Waals surface area contributed by atoms with Gasteiger partial charge in [-0.1, -0.05) is 0 Å². The van der Waals surface area contributed by atoms with Gasteiger partial charge in [0.25, 0.3) is 0 Å². The molecule has 0 saturated heterocycles. The second-order valence-electron chi connectivity index (χ2n) is 2.96. The highest BCUT2D eigenvalue weighted by molar-refractivity contribution is 5.46. The van der Waals surface area contributed by atoms with Gasteiger partial charge in [0.2, 0.25) is 0 Å². The molecule has 0 aliphatic carbocycles. The average molecular weight is 190 g/mol. The summed E-state index contributed by atoms with van der Waals surface area (Å²) in [5.74, 6) is 0. The number of hydrogen-bond donors (Lipinski definition) is 1. The smallest absolute Gasteiger partial charge is 0.0991 e. The molecule has 0 fully saturated rings. The van der Waals surface area contributed by atoms with Crippen molar-refractivity contribution in [1.29, 1.82) is 5.26 Å². The molecule has 0 unspecified atom stereocenters. The van der Waals surface area contributed by atoms with Crippen molar-refractivity contribution in [2.45, 2.75) is 6.42 Å². The highest BCUT2D eigenvalue weighted by Crippen LogP contribution is 2.08. The van der Waals surface area contributed by atoms with Gasteiger partial charge in [-0.3, -0.25) is 0 Å². The first kappa shape index (κ1) is 10.6. The molecule has 1 aromatic rings. The second kappa shape index (κ2) is 6.01. The lowest BCUT2D eigenvalue weighted by Crippen LogP contribution is -2.04. The lowest BCUT2D eigenvalue weighted by Gasteiger charge is -2.05. The summed E-state index contributed by atoms with van der Waals surface area (Å²) in [6, 6.07) is 9.51. The van der Waals surface area contributed by atoms with Crippen LogP contribution in [0.25, 0.3) is 0 Å². The molecule has 0 saturated carbocycles. The molecule has 74 valence electrons. The maximum atomic E-state index is 8.59. The molecule has 0 spiro atoms. The van der Waals surface area contributed by atoms with Crippen molar-refractivity contribution in [2.24, 2.45) is 0 Å². The lowest BCUT2D eigenvalue weighted by molar-refractivity contribution is 0.198. The highest BCUT2D eigenvalue weighted by atomic mass is 16.5. The number of methoxy groups -OCH3 is 1. The van der Waals surface area contributed by atoms with Gasteiger partial charge in [0.15, 0.2) is 0 Å². The molecule has 0 aliphatic rings. The van der Waals surface area contributed by atoms with Crippen LogP contribution in [0.3, 0.4) is 0 Å². The Morgan fingerprint density at radius 3 is 2.64 bits per heavy atom. The zero-order valence-electron chi connectivity index (χ0n) is 8.29. The van der Waals surface area contributed by atoms with E-state index in [2.05, 4.69) is 11.4 Å². The molecule has 3 heteroatoms. The summed E-state index contributed by atoms with van der Waals surface area (Å²) < 4.78 is 4.93. The normalized spacial score (nSPS) is 9.43. The molecule has 14 heavy (non-hydrogen) atoms. The Kier molecular flexibility index (Phi) is 4.53. The number of nitriles is 1. The first-order valence-corrected chi connectivity index (χ1v) is 4.60. The van der Waals surface area contributed by atoms with Crippen LogP contribution in [-0.2, 0) is 4.74 Å². The Hall–Kier alpha value is -1.53. The predicted molar refractivity (Wildman–Crippen MR) is 56.1 cm³/mol. The van der Waals surface area contributed by atoms with E-state index in [0.29, 0.717) is 5.56 Å². The van der Waals surface area contributed by atoms with Crippen LogP contribution in [0.15, 0.2) is 24.3 Å². The summed E-state index contributed by atoms with van der Waals surface area (Å²) in [4.78, 5) is 0. The Morgan fingerprint density at radius 1 is 1.36 bits per heavy atom. The van der Waals surface area contributed by atoms with Crippen molar-refractivity contribution < 1.29 is 4.74 Å². The van der Waals surface area contributed by atoms with Gasteiger partial charge in [-0.2, -0.15) is 5.26 Å². The molecule has 0 aromatic heterocycles. The van der Waals surface area contributed by atoms with Crippen LogP contribution >= 0.6 is 0 Å². The molecule has 1 N–H and O–H groups in total. The fourth-order valence-electron chi connectivity index (χ4n) is 1.11. The van der Waals surface area contributed by atoms with E-state index in [1.165, 1.54) is 0 Å². The van der Waals surface area contributed by atoms with Crippen LogP contribution in [0.2, 0.25) is 0 Å². The van der Waals surface area contributed by atoms with Crippen molar-refractivity contribution in [3.8, 4) is 6.07 Å². The summed E-state index contributed by atoms with van der Waals surface area (Å²) in [5, 5.41) is 11.8. The number of ether oxygens (including phenoxy) is 1. The number of benzene rings is 1. The van der Waals surface area contributed by atoms with Gasteiger partial charge in [0.05, 0.1) is 11.6 Å². The topological polar surface area (TPSA) is 45.0 Å². The van der Waals surface area contributed by atoms with Gasteiger partial charge in [0.1, 0.15) is 0 Å². The number of nitrogens with zero attached hydrogens (tertiary/aromatic N) is 1. The van der Waals surface area contributed by atoms with E-state index < -0.39 is 0 Å². The maximum Gasteiger partial charge on any atom is 0.0991 e. The SMILES string of the molecule is COCCCNc1ccc(C#N)cc1. The number of rotatable bonds is 5. The largest absolute Gasteiger partial charge is 0.385 e. The molecule has 0 heterocycles. The van der Waals surface area contributed by atoms with E-state index in [1.54, 1.807) is 19.2 Å². The second-order valence-corrected chi connectivity index (χ2v) is 2.96. The minimum atomic E-state index is 0.687. The van der Waals surface area contributed by atoms with Gasteiger partial charge < -0.3 is 10.1 Å². The Labute approximate surface area is 84.3 Å². The van der Waals surface area contributed by atoms with Crippen molar-refractivity contribution in [2.75, 3.05) is 25.6 Å². The third kappa shape index (κ3) is 3.46. The lowest BCUT2D eigenvalue weighted by atomic mass is 10.2. The zero-order chi connectivity index (χ0) is 10.2. The Morgan fingerprint density at radius 2 is 2.07 bits per heavy atom. The third-order valence-electron chi connectivity index (χ3n) is 1.87. The van der Waals surface area contributed by atoms with Gasteiger partial charge in [-0.15, -0.1) is 0 Å². The highest BCUT2D eigenvalue weighted by Gasteiger charge is 1.92. The average Bonchev–Trinajstić information content (AvgIpc) is 2.25. The third-order valence-corrected chi connectivity index (χ3v) is 1.87. The molecule has 0 radical (unpaired) electrons. The molecular formula is C11H14N2O. The van der Waals surface area contributed by atoms with Crippen LogP contribution in [0.5, 0.6) is 0 Å².